The summed E-state index contributed by atoms with van der Waals surface area (Å²) in [5.41, 5.74) is -0.222. The van der Waals surface area contributed by atoms with E-state index in [-0.39, 0.29) is 37.1 Å². The lowest BCUT2D eigenvalue weighted by molar-refractivity contribution is -0.118. The number of anilines is 1. The van der Waals surface area contributed by atoms with E-state index >= 15 is 0 Å². The van der Waals surface area contributed by atoms with Crippen molar-refractivity contribution >= 4 is 23.0 Å². The number of nitrogens with one attached hydrogen (secondary N) is 2. The second-order valence-corrected chi connectivity index (χ2v) is 7.42. The van der Waals surface area contributed by atoms with Crippen molar-refractivity contribution in [2.45, 2.75) is 24.9 Å². The highest BCUT2D eigenvalue weighted by atomic mass is 16.7. The Hall–Kier alpha value is -3.58. The van der Waals surface area contributed by atoms with E-state index in [0.29, 0.717) is 18.8 Å². The number of ether oxygens (including phenoxy) is 4. The number of carbonyl (C=O) groups excluding carboxylic acids is 1. The molecule has 0 aliphatic carbocycles. The summed E-state index contributed by atoms with van der Waals surface area (Å²) < 4.78 is 23.8. The number of aliphatic hydroxyl groups is 1. The molecule has 1 amide bonds. The molecule has 12 nitrogen and oxygen atoms in total. The van der Waals surface area contributed by atoms with Gasteiger partial charge in [-0.1, -0.05) is 24.3 Å². The molecule has 1 aromatic carbocycles. The van der Waals surface area contributed by atoms with Crippen molar-refractivity contribution in [1.82, 2.24) is 19.5 Å². The Balaban J connectivity index is 1.46. The summed E-state index contributed by atoms with van der Waals surface area (Å²) in [7, 11) is 0. The second-order valence-electron chi connectivity index (χ2n) is 7.42. The van der Waals surface area contributed by atoms with Crippen LogP contribution in [0.3, 0.4) is 0 Å². The van der Waals surface area contributed by atoms with E-state index in [2.05, 4.69) is 26.8 Å². The van der Waals surface area contributed by atoms with Gasteiger partial charge in [-0.2, -0.15) is 4.98 Å². The van der Waals surface area contributed by atoms with Gasteiger partial charge in [0.15, 0.2) is 17.8 Å². The summed E-state index contributed by atoms with van der Waals surface area (Å²) in [4.78, 5) is 35.7. The Kier molecular flexibility index (Phi) is 7.65. The Morgan fingerprint density at radius 1 is 1.38 bits per heavy atom. The third-order valence-corrected chi connectivity index (χ3v) is 5.08. The Morgan fingerprint density at radius 2 is 2.21 bits per heavy atom. The zero-order chi connectivity index (χ0) is 23.9. The molecule has 1 aliphatic heterocycles. The molecule has 2 aromatic heterocycles. The number of imidazole rings is 1. The fourth-order valence-electron chi connectivity index (χ4n) is 3.51. The molecular weight excluding hydrogens is 446 g/mol. The number of para-hydroxylation sites is 1. The van der Waals surface area contributed by atoms with Crippen LogP contribution in [-0.4, -0.2) is 69.4 Å². The molecule has 0 bridgehead atoms. The van der Waals surface area contributed by atoms with Crippen LogP contribution in [-0.2, 0) is 19.0 Å². The number of aliphatic hydroxyl groups excluding tert-OH is 1. The summed E-state index contributed by atoms with van der Waals surface area (Å²) in [6.45, 7) is 3.41. The number of hydrogen-bond donors (Lipinski definition) is 3. The molecule has 4 rings (SSSR count). The fraction of sp³-hybridized carbons (Fsp3) is 0.364. The molecule has 3 aromatic rings. The summed E-state index contributed by atoms with van der Waals surface area (Å²) in [6.07, 6.45) is 1.78. The van der Waals surface area contributed by atoms with Crippen molar-refractivity contribution in [3.63, 3.8) is 0 Å². The number of rotatable bonds is 11. The van der Waals surface area contributed by atoms with E-state index < -0.39 is 29.9 Å². The lowest BCUT2D eigenvalue weighted by atomic mass is 10.2. The normalized spacial score (nSPS) is 19.9. The van der Waals surface area contributed by atoms with Crippen LogP contribution < -0.4 is 15.6 Å². The number of benzene rings is 1. The van der Waals surface area contributed by atoms with Crippen molar-refractivity contribution in [2.75, 3.05) is 31.9 Å². The Labute approximate surface area is 194 Å². The van der Waals surface area contributed by atoms with Crippen LogP contribution in [0, 0.1) is 0 Å². The SMILES string of the molecule is C=CCOCOC1C[C@H](n2cnc3c(=O)[nH]c(NC(=O)COc4ccccc4)nc32)O[C@@H]1CO. The molecule has 0 radical (unpaired) electrons. The van der Waals surface area contributed by atoms with Crippen LogP contribution in [0.1, 0.15) is 12.6 Å². The van der Waals surface area contributed by atoms with Crippen LogP contribution in [0.2, 0.25) is 0 Å². The van der Waals surface area contributed by atoms with Gasteiger partial charge >= 0.3 is 0 Å². The van der Waals surface area contributed by atoms with Crippen LogP contribution in [0.25, 0.3) is 11.2 Å². The summed E-state index contributed by atoms with van der Waals surface area (Å²) in [5.74, 6) is -0.0118. The van der Waals surface area contributed by atoms with Crippen molar-refractivity contribution in [3.8, 4) is 5.75 Å². The first-order valence-corrected chi connectivity index (χ1v) is 10.6. The standard InChI is InChI=1S/C22H25N5O7/c1-2-8-31-13-33-15-9-18(34-16(15)10-28)27-12-23-19-20(27)25-22(26-21(19)30)24-17(29)11-32-14-6-4-3-5-7-14/h2-7,12,15-16,18,28H,1,8-11,13H2,(H2,24,25,26,29,30)/t15?,16-,18-/m1/s1. The molecule has 1 saturated heterocycles. The molecule has 1 unspecified atom stereocenters. The Morgan fingerprint density at radius 3 is 2.97 bits per heavy atom. The highest BCUT2D eigenvalue weighted by molar-refractivity contribution is 5.90. The summed E-state index contributed by atoms with van der Waals surface area (Å²) in [6, 6.07) is 8.86. The van der Waals surface area contributed by atoms with Gasteiger partial charge in [0.25, 0.3) is 11.5 Å². The molecule has 34 heavy (non-hydrogen) atoms. The van der Waals surface area contributed by atoms with Gasteiger partial charge in [0.2, 0.25) is 5.95 Å². The molecule has 1 aliphatic rings. The zero-order valence-electron chi connectivity index (χ0n) is 18.3. The van der Waals surface area contributed by atoms with Gasteiger partial charge in [-0.15, -0.1) is 6.58 Å². The minimum Gasteiger partial charge on any atom is -0.484 e. The zero-order valence-corrected chi connectivity index (χ0v) is 18.3. The van der Waals surface area contributed by atoms with Crippen LogP contribution >= 0.6 is 0 Å². The molecular formula is C22H25N5O7. The number of amides is 1. The fourth-order valence-corrected chi connectivity index (χ4v) is 3.51. The van der Waals surface area contributed by atoms with Gasteiger partial charge in [-0.25, -0.2) is 4.98 Å². The molecule has 1 fully saturated rings. The molecule has 3 N–H and O–H groups in total. The van der Waals surface area contributed by atoms with E-state index in [9.17, 15) is 14.7 Å². The molecule has 0 saturated carbocycles. The minimum atomic E-state index is -0.592. The topological polar surface area (TPSA) is 150 Å². The van der Waals surface area contributed by atoms with E-state index in [1.165, 1.54) is 6.33 Å². The van der Waals surface area contributed by atoms with E-state index in [0.717, 1.165) is 0 Å². The number of H-pyrrole nitrogens is 1. The monoisotopic (exact) mass is 471 g/mol. The van der Waals surface area contributed by atoms with Gasteiger partial charge < -0.3 is 24.1 Å². The first kappa shape index (κ1) is 23.6. The minimum absolute atomic E-state index is 0.0209. The lowest BCUT2D eigenvalue weighted by Gasteiger charge is -2.16. The smallest absolute Gasteiger partial charge is 0.280 e. The average Bonchev–Trinajstić information content (AvgIpc) is 3.45. The highest BCUT2D eigenvalue weighted by Crippen LogP contribution is 2.32. The van der Waals surface area contributed by atoms with Crippen LogP contribution in [0.5, 0.6) is 5.75 Å². The average molecular weight is 471 g/mol. The third kappa shape index (κ3) is 5.48. The van der Waals surface area contributed by atoms with Gasteiger partial charge in [-0.3, -0.25) is 24.5 Å². The van der Waals surface area contributed by atoms with Crippen molar-refractivity contribution in [1.29, 1.82) is 0 Å². The Bertz CT molecular complexity index is 1180. The number of aromatic nitrogens is 4. The van der Waals surface area contributed by atoms with Crippen LogP contribution in [0.4, 0.5) is 5.95 Å². The first-order chi connectivity index (χ1) is 16.6. The highest BCUT2D eigenvalue weighted by Gasteiger charge is 2.37. The summed E-state index contributed by atoms with van der Waals surface area (Å²) >= 11 is 0. The van der Waals surface area contributed by atoms with Crippen molar-refractivity contribution in [3.05, 3.63) is 59.7 Å². The second kappa shape index (κ2) is 11.0. The first-order valence-electron chi connectivity index (χ1n) is 10.6. The van der Waals surface area contributed by atoms with Gasteiger partial charge in [0.1, 0.15) is 24.9 Å². The maximum atomic E-state index is 12.5. The number of fused-ring (bicyclic) bond motifs is 1. The van der Waals surface area contributed by atoms with Gasteiger partial charge in [0, 0.05) is 6.42 Å². The maximum Gasteiger partial charge on any atom is 0.280 e. The van der Waals surface area contributed by atoms with Gasteiger partial charge in [-0.05, 0) is 12.1 Å². The molecule has 12 heteroatoms. The van der Waals surface area contributed by atoms with Crippen molar-refractivity contribution in [2.24, 2.45) is 0 Å². The predicted molar refractivity (Wildman–Crippen MR) is 120 cm³/mol. The third-order valence-electron chi connectivity index (χ3n) is 5.08. The number of carbonyl (C=O) groups is 1. The molecule has 0 spiro atoms. The van der Waals surface area contributed by atoms with Crippen molar-refractivity contribution < 1.29 is 28.8 Å². The quantitative estimate of drug-likeness (QED) is 0.211. The predicted octanol–water partition coefficient (Wildman–Crippen LogP) is 0.962. The molecule has 3 atom stereocenters. The molecule has 180 valence electrons. The van der Waals surface area contributed by atoms with E-state index in [4.69, 9.17) is 18.9 Å². The number of hydrogen-bond acceptors (Lipinski definition) is 9. The number of nitrogens with zero attached hydrogens (tertiary/aromatic N) is 3. The lowest BCUT2D eigenvalue weighted by Crippen LogP contribution is -2.28. The molecule has 3 heterocycles. The number of aromatic amines is 1. The van der Waals surface area contributed by atoms with E-state index in [1.807, 2.05) is 6.07 Å². The largest absolute Gasteiger partial charge is 0.484 e. The van der Waals surface area contributed by atoms with E-state index in [1.54, 1.807) is 34.9 Å². The van der Waals surface area contributed by atoms with Crippen LogP contribution in [0.15, 0.2) is 54.1 Å². The maximum absolute atomic E-state index is 12.5. The summed E-state index contributed by atoms with van der Waals surface area (Å²) in [5, 5.41) is 12.2. The van der Waals surface area contributed by atoms with Gasteiger partial charge in [0.05, 0.1) is 25.6 Å².